The van der Waals surface area contributed by atoms with Gasteiger partial charge in [-0.15, -0.1) is 0 Å². The maximum absolute atomic E-state index is 5.71. The average Bonchev–Trinajstić information content (AvgIpc) is 2.18. The van der Waals surface area contributed by atoms with Gasteiger partial charge in [-0.2, -0.15) is 0 Å². The van der Waals surface area contributed by atoms with Gasteiger partial charge in [0.2, 0.25) is 0 Å². The second-order valence-electron chi connectivity index (χ2n) is 3.69. The van der Waals surface area contributed by atoms with Gasteiger partial charge in [0.05, 0.1) is 0 Å². The highest BCUT2D eigenvalue weighted by atomic mass is 79.9. The van der Waals surface area contributed by atoms with Gasteiger partial charge < -0.3 is 8.85 Å². The van der Waals surface area contributed by atoms with Gasteiger partial charge in [-0.05, 0) is 13.8 Å². The Morgan fingerprint density at radius 1 is 0.867 bits per heavy atom. The van der Waals surface area contributed by atoms with E-state index in [-0.39, 0.29) is 0 Å². The third-order valence-corrected chi connectivity index (χ3v) is 7.25. The SMILES string of the molecule is CCCCCCC[Si](Br)(OCC)OCC. The quantitative estimate of drug-likeness (QED) is 0.339. The van der Waals surface area contributed by atoms with E-state index in [1.165, 1.54) is 32.1 Å². The summed E-state index contributed by atoms with van der Waals surface area (Å²) in [5, 5.41) is 0. The maximum Gasteiger partial charge on any atom is 0.414 e. The van der Waals surface area contributed by atoms with Crippen LogP contribution in [0.2, 0.25) is 6.04 Å². The zero-order chi connectivity index (χ0) is 11.6. The predicted octanol–water partition coefficient (Wildman–Crippen LogP) is 4.36. The molecule has 0 saturated heterocycles. The number of unbranched alkanes of at least 4 members (excludes halogenated alkanes) is 4. The van der Waals surface area contributed by atoms with Gasteiger partial charge in [-0.1, -0.05) is 54.3 Å². The fourth-order valence-corrected chi connectivity index (χ4v) is 5.68. The van der Waals surface area contributed by atoms with E-state index in [1.54, 1.807) is 0 Å². The summed E-state index contributed by atoms with van der Waals surface area (Å²) in [7, 11) is -2.00. The van der Waals surface area contributed by atoms with Crippen LogP contribution in [0.3, 0.4) is 0 Å². The summed E-state index contributed by atoms with van der Waals surface area (Å²) in [6.45, 7) is 7.78. The van der Waals surface area contributed by atoms with Crippen LogP contribution < -0.4 is 0 Å². The zero-order valence-electron chi connectivity index (χ0n) is 10.4. The Labute approximate surface area is 104 Å². The molecule has 0 heterocycles. The van der Waals surface area contributed by atoms with Crippen molar-refractivity contribution in [2.45, 2.75) is 58.9 Å². The van der Waals surface area contributed by atoms with Crippen molar-refractivity contribution in [3.63, 3.8) is 0 Å². The fourth-order valence-electron chi connectivity index (χ4n) is 1.56. The van der Waals surface area contributed by atoms with Crippen LogP contribution in [0.1, 0.15) is 52.9 Å². The summed E-state index contributed by atoms with van der Waals surface area (Å²) in [6.07, 6.45) is 6.51. The summed E-state index contributed by atoms with van der Waals surface area (Å²) in [5.41, 5.74) is 0. The molecule has 0 bridgehead atoms. The van der Waals surface area contributed by atoms with E-state index in [1.807, 2.05) is 13.8 Å². The first-order chi connectivity index (χ1) is 7.18. The highest BCUT2D eigenvalue weighted by Gasteiger charge is 2.33. The van der Waals surface area contributed by atoms with Crippen LogP contribution >= 0.6 is 15.3 Å². The van der Waals surface area contributed by atoms with Crippen LogP contribution in [0.15, 0.2) is 0 Å². The van der Waals surface area contributed by atoms with Crippen molar-refractivity contribution in [1.29, 1.82) is 0 Å². The van der Waals surface area contributed by atoms with E-state index in [2.05, 4.69) is 22.2 Å². The molecule has 0 aliphatic rings. The average molecular weight is 297 g/mol. The Morgan fingerprint density at radius 3 is 1.87 bits per heavy atom. The number of rotatable bonds is 10. The third-order valence-electron chi connectivity index (χ3n) is 2.30. The number of halogens is 1. The first-order valence-corrected chi connectivity index (χ1v) is 10.4. The molecule has 0 N–H and O–H groups in total. The normalized spacial score (nSPS) is 12.0. The van der Waals surface area contributed by atoms with Crippen molar-refractivity contribution < 1.29 is 8.85 Å². The van der Waals surface area contributed by atoms with Gasteiger partial charge in [-0.3, -0.25) is 0 Å². The van der Waals surface area contributed by atoms with Gasteiger partial charge in [0.25, 0.3) is 0 Å². The molecular formula is C11H25BrO2Si. The maximum atomic E-state index is 5.71. The van der Waals surface area contributed by atoms with E-state index in [0.717, 1.165) is 19.3 Å². The van der Waals surface area contributed by atoms with E-state index < -0.39 is 7.18 Å². The first kappa shape index (κ1) is 15.6. The monoisotopic (exact) mass is 296 g/mol. The van der Waals surface area contributed by atoms with E-state index in [4.69, 9.17) is 8.85 Å². The Hall–Kier alpha value is 0.617. The molecule has 15 heavy (non-hydrogen) atoms. The Kier molecular flexibility index (Phi) is 10.2. The van der Waals surface area contributed by atoms with E-state index >= 15 is 0 Å². The molecule has 0 amide bonds. The van der Waals surface area contributed by atoms with Gasteiger partial charge in [0, 0.05) is 19.3 Å². The lowest BCUT2D eigenvalue weighted by Gasteiger charge is -2.23. The summed E-state index contributed by atoms with van der Waals surface area (Å²) >= 11 is 3.67. The molecule has 2 nitrogen and oxygen atoms in total. The molecule has 0 aromatic carbocycles. The Morgan fingerprint density at radius 2 is 1.40 bits per heavy atom. The fraction of sp³-hybridized carbons (Fsp3) is 1.00. The number of hydrogen-bond acceptors (Lipinski definition) is 2. The molecule has 0 fully saturated rings. The molecule has 0 aliphatic heterocycles. The second kappa shape index (κ2) is 9.82. The molecule has 0 aliphatic carbocycles. The van der Waals surface area contributed by atoms with Crippen molar-refractivity contribution in [1.82, 2.24) is 0 Å². The third kappa shape index (κ3) is 8.43. The van der Waals surface area contributed by atoms with Crippen molar-refractivity contribution in [2.24, 2.45) is 0 Å². The van der Waals surface area contributed by atoms with Crippen molar-refractivity contribution in [3.05, 3.63) is 0 Å². The molecule has 0 rings (SSSR count). The second-order valence-corrected chi connectivity index (χ2v) is 9.71. The zero-order valence-corrected chi connectivity index (χ0v) is 12.9. The highest BCUT2D eigenvalue weighted by molar-refractivity contribution is 9.25. The summed E-state index contributed by atoms with van der Waals surface area (Å²) < 4.78 is 11.4. The van der Waals surface area contributed by atoms with Crippen molar-refractivity contribution in [3.8, 4) is 0 Å². The standard InChI is InChI=1S/C11H25BrO2Si/c1-4-7-8-9-10-11-15(12,13-5-2)14-6-3/h4-11H2,1-3H3. The molecule has 0 atom stereocenters. The highest BCUT2D eigenvalue weighted by Crippen LogP contribution is 2.24. The number of hydrogen-bond donors (Lipinski definition) is 0. The molecule has 0 radical (unpaired) electrons. The van der Waals surface area contributed by atoms with Crippen LogP contribution in [-0.2, 0) is 8.85 Å². The minimum atomic E-state index is -2.00. The Bertz CT molecular complexity index is 139. The Balaban J connectivity index is 3.65. The molecule has 0 spiro atoms. The van der Waals surface area contributed by atoms with Crippen LogP contribution in [0, 0.1) is 0 Å². The summed E-state index contributed by atoms with van der Waals surface area (Å²) in [5.74, 6) is 0. The largest absolute Gasteiger partial charge is 0.414 e. The molecule has 0 saturated carbocycles. The van der Waals surface area contributed by atoms with E-state index in [9.17, 15) is 0 Å². The van der Waals surface area contributed by atoms with Gasteiger partial charge in [-0.25, -0.2) is 0 Å². The van der Waals surface area contributed by atoms with Crippen molar-refractivity contribution >= 4 is 22.5 Å². The van der Waals surface area contributed by atoms with Crippen molar-refractivity contribution in [2.75, 3.05) is 13.2 Å². The van der Waals surface area contributed by atoms with Gasteiger partial charge >= 0.3 is 7.18 Å². The summed E-state index contributed by atoms with van der Waals surface area (Å²) in [6, 6.07) is 1.07. The first-order valence-electron chi connectivity index (χ1n) is 6.15. The minimum absolute atomic E-state index is 0.742. The minimum Gasteiger partial charge on any atom is -0.387 e. The molecule has 0 aromatic heterocycles. The van der Waals surface area contributed by atoms with Crippen LogP contribution in [0.5, 0.6) is 0 Å². The summed E-state index contributed by atoms with van der Waals surface area (Å²) in [4.78, 5) is 0. The van der Waals surface area contributed by atoms with Crippen LogP contribution in [-0.4, -0.2) is 20.4 Å². The predicted molar refractivity (Wildman–Crippen MR) is 71.5 cm³/mol. The lowest BCUT2D eigenvalue weighted by Crippen LogP contribution is -2.35. The topological polar surface area (TPSA) is 18.5 Å². The van der Waals surface area contributed by atoms with Gasteiger partial charge in [0.15, 0.2) is 0 Å². The molecular weight excluding hydrogens is 272 g/mol. The molecule has 92 valence electrons. The van der Waals surface area contributed by atoms with Crippen LogP contribution in [0.25, 0.3) is 0 Å². The smallest absolute Gasteiger partial charge is 0.387 e. The molecule has 0 aromatic rings. The van der Waals surface area contributed by atoms with Gasteiger partial charge in [0.1, 0.15) is 0 Å². The van der Waals surface area contributed by atoms with E-state index in [0.29, 0.717) is 0 Å². The molecule has 4 heteroatoms. The lowest BCUT2D eigenvalue weighted by molar-refractivity contribution is 0.206. The van der Waals surface area contributed by atoms with Crippen LogP contribution in [0.4, 0.5) is 0 Å². The molecule has 0 unspecified atom stereocenters. The lowest BCUT2D eigenvalue weighted by atomic mass is 10.2.